The zero-order valence-corrected chi connectivity index (χ0v) is 11.4. The summed E-state index contributed by atoms with van der Waals surface area (Å²) < 4.78 is 0. The van der Waals surface area contributed by atoms with Crippen LogP contribution in [0.15, 0.2) is 29.2 Å². The van der Waals surface area contributed by atoms with Crippen molar-refractivity contribution in [2.45, 2.75) is 25.7 Å². The number of benzene rings is 1. The van der Waals surface area contributed by atoms with Crippen molar-refractivity contribution in [2.24, 2.45) is 0 Å². The Morgan fingerprint density at radius 1 is 1.24 bits per heavy atom. The fraction of sp³-hybridized carbons (Fsp3) is 0.357. The van der Waals surface area contributed by atoms with Crippen LogP contribution in [0, 0.1) is 6.92 Å². The number of anilines is 1. The largest absolute Gasteiger partial charge is 0.368 e. The van der Waals surface area contributed by atoms with Crippen molar-refractivity contribution in [3.63, 3.8) is 0 Å². The summed E-state index contributed by atoms with van der Waals surface area (Å²) in [4.78, 5) is 5.92. The summed E-state index contributed by atoms with van der Waals surface area (Å²) in [5.74, 6) is 2.18. The number of fused-ring (bicyclic) bond motifs is 2. The first-order chi connectivity index (χ1) is 8.33. The van der Waals surface area contributed by atoms with Gasteiger partial charge in [-0.25, -0.2) is 4.98 Å². The lowest BCUT2D eigenvalue weighted by Gasteiger charge is -2.16. The number of rotatable bonds is 0. The van der Waals surface area contributed by atoms with Gasteiger partial charge in [0.05, 0.1) is 10.4 Å². The highest BCUT2D eigenvalue weighted by atomic mass is 32.2. The second-order valence-corrected chi connectivity index (χ2v) is 4.94. The Morgan fingerprint density at radius 3 is 2.88 bits per heavy atom. The topological polar surface area (TPSA) is 24.9 Å². The first-order valence-corrected chi connectivity index (χ1v) is 7.09. The van der Waals surface area contributed by atoms with Crippen molar-refractivity contribution in [3.05, 3.63) is 29.8 Å². The van der Waals surface area contributed by atoms with E-state index in [1.54, 1.807) is 0 Å². The second-order valence-electron chi connectivity index (χ2n) is 3.81. The first kappa shape index (κ1) is 12.2. The van der Waals surface area contributed by atoms with E-state index in [-0.39, 0.29) is 0 Å². The van der Waals surface area contributed by atoms with Gasteiger partial charge in [-0.05, 0) is 24.6 Å². The maximum absolute atomic E-state index is 4.64. The van der Waals surface area contributed by atoms with Crippen LogP contribution in [0.4, 0.5) is 5.82 Å². The number of nitrogens with zero attached hydrogens (tertiary/aromatic N) is 1. The molecule has 1 aromatic carbocycles. The van der Waals surface area contributed by atoms with Crippen LogP contribution in [-0.2, 0) is 0 Å². The molecule has 0 bridgehead atoms. The molecule has 0 aliphatic carbocycles. The van der Waals surface area contributed by atoms with Crippen molar-refractivity contribution in [1.82, 2.24) is 4.98 Å². The molecule has 2 nitrogen and oxygen atoms in total. The third kappa shape index (κ3) is 2.55. The predicted octanol–water partition coefficient (Wildman–Crippen LogP) is 4.09. The van der Waals surface area contributed by atoms with Crippen LogP contribution < -0.4 is 5.32 Å². The summed E-state index contributed by atoms with van der Waals surface area (Å²) >= 11 is 1.88. The van der Waals surface area contributed by atoms with E-state index < -0.39 is 0 Å². The summed E-state index contributed by atoms with van der Waals surface area (Å²) in [6.07, 6.45) is 0. The van der Waals surface area contributed by atoms with Crippen molar-refractivity contribution in [1.29, 1.82) is 0 Å². The van der Waals surface area contributed by atoms with Gasteiger partial charge in [0.2, 0.25) is 0 Å². The van der Waals surface area contributed by atoms with Gasteiger partial charge in [-0.2, -0.15) is 0 Å². The SMILES string of the molecule is CC.Cc1ccc2cc3c(nc2c1)NCCS3. The highest BCUT2D eigenvalue weighted by molar-refractivity contribution is 7.99. The Labute approximate surface area is 107 Å². The van der Waals surface area contributed by atoms with Crippen LogP contribution in [0.1, 0.15) is 19.4 Å². The van der Waals surface area contributed by atoms with E-state index in [9.17, 15) is 0 Å². The summed E-state index contributed by atoms with van der Waals surface area (Å²) in [5.41, 5.74) is 2.35. The standard InChI is InChI=1S/C12H12N2S.C2H6/c1-8-2-3-9-7-11-12(13-4-5-15-11)14-10(9)6-8;1-2/h2-3,6-7H,4-5H2,1H3,(H,13,14);1-2H3. The van der Waals surface area contributed by atoms with E-state index in [1.165, 1.54) is 15.8 Å². The molecule has 2 heterocycles. The molecule has 0 radical (unpaired) electrons. The molecule has 0 amide bonds. The summed E-state index contributed by atoms with van der Waals surface area (Å²) in [6.45, 7) is 7.12. The smallest absolute Gasteiger partial charge is 0.140 e. The fourth-order valence-electron chi connectivity index (χ4n) is 1.82. The maximum Gasteiger partial charge on any atom is 0.140 e. The third-order valence-corrected chi connectivity index (χ3v) is 3.62. The number of aromatic nitrogens is 1. The summed E-state index contributed by atoms with van der Waals surface area (Å²) in [6, 6.07) is 8.65. The normalized spacial score (nSPS) is 13.4. The van der Waals surface area contributed by atoms with Crippen molar-refractivity contribution in [3.8, 4) is 0 Å². The average Bonchev–Trinajstić information content (AvgIpc) is 2.38. The molecule has 0 spiro atoms. The lowest BCUT2D eigenvalue weighted by Crippen LogP contribution is -2.11. The quantitative estimate of drug-likeness (QED) is 0.758. The molecule has 1 aliphatic rings. The van der Waals surface area contributed by atoms with Crippen LogP contribution in [0.2, 0.25) is 0 Å². The minimum atomic E-state index is 1.02. The van der Waals surface area contributed by atoms with Gasteiger partial charge in [-0.15, -0.1) is 11.8 Å². The molecule has 17 heavy (non-hydrogen) atoms. The zero-order valence-electron chi connectivity index (χ0n) is 10.6. The fourth-order valence-corrected chi connectivity index (χ4v) is 2.71. The first-order valence-electron chi connectivity index (χ1n) is 6.11. The molecule has 1 N–H and O–H groups in total. The Hall–Kier alpha value is -1.22. The lowest BCUT2D eigenvalue weighted by atomic mass is 10.1. The van der Waals surface area contributed by atoms with E-state index in [0.29, 0.717) is 0 Å². The average molecular weight is 246 g/mol. The molecule has 3 rings (SSSR count). The molecule has 2 aromatic rings. The summed E-state index contributed by atoms with van der Waals surface area (Å²) in [7, 11) is 0. The predicted molar refractivity (Wildman–Crippen MR) is 77.0 cm³/mol. The van der Waals surface area contributed by atoms with Crippen molar-refractivity contribution in [2.75, 3.05) is 17.6 Å². The van der Waals surface area contributed by atoms with E-state index in [2.05, 4.69) is 41.5 Å². The van der Waals surface area contributed by atoms with Gasteiger partial charge in [0.1, 0.15) is 5.82 Å². The number of hydrogen-bond acceptors (Lipinski definition) is 3. The Morgan fingerprint density at radius 2 is 2.06 bits per heavy atom. The van der Waals surface area contributed by atoms with Crippen LogP contribution in [-0.4, -0.2) is 17.3 Å². The third-order valence-electron chi connectivity index (χ3n) is 2.59. The Bertz CT molecular complexity index is 523. The molecule has 0 saturated heterocycles. The van der Waals surface area contributed by atoms with Crippen LogP contribution >= 0.6 is 11.8 Å². The van der Waals surface area contributed by atoms with Gasteiger partial charge < -0.3 is 5.32 Å². The van der Waals surface area contributed by atoms with Crippen LogP contribution in [0.5, 0.6) is 0 Å². The highest BCUT2D eigenvalue weighted by Gasteiger charge is 2.11. The number of thioether (sulfide) groups is 1. The van der Waals surface area contributed by atoms with Crippen LogP contribution in [0.3, 0.4) is 0 Å². The van der Waals surface area contributed by atoms with Crippen molar-refractivity contribution < 1.29 is 0 Å². The number of nitrogens with one attached hydrogen (secondary N) is 1. The van der Waals surface area contributed by atoms with Gasteiger partial charge in [0, 0.05) is 17.7 Å². The van der Waals surface area contributed by atoms with E-state index >= 15 is 0 Å². The minimum absolute atomic E-state index is 1.02. The molecule has 90 valence electrons. The van der Waals surface area contributed by atoms with Gasteiger partial charge >= 0.3 is 0 Å². The monoisotopic (exact) mass is 246 g/mol. The number of pyridine rings is 1. The van der Waals surface area contributed by atoms with Gasteiger partial charge in [0.25, 0.3) is 0 Å². The molecule has 0 fully saturated rings. The van der Waals surface area contributed by atoms with Gasteiger partial charge in [-0.3, -0.25) is 0 Å². The molecule has 0 saturated carbocycles. The Balaban J connectivity index is 0.000000514. The molecule has 1 aliphatic heterocycles. The highest BCUT2D eigenvalue weighted by Crippen LogP contribution is 2.32. The molecule has 0 unspecified atom stereocenters. The van der Waals surface area contributed by atoms with Crippen LogP contribution in [0.25, 0.3) is 10.9 Å². The summed E-state index contributed by atoms with van der Waals surface area (Å²) in [5, 5.41) is 4.57. The molecular weight excluding hydrogens is 228 g/mol. The minimum Gasteiger partial charge on any atom is -0.368 e. The van der Waals surface area contributed by atoms with E-state index in [1.807, 2.05) is 25.6 Å². The van der Waals surface area contributed by atoms with E-state index in [4.69, 9.17) is 0 Å². The molecular formula is C14H18N2S. The second kappa shape index (κ2) is 5.41. The van der Waals surface area contributed by atoms with Gasteiger partial charge in [0.15, 0.2) is 0 Å². The number of hydrogen-bond donors (Lipinski definition) is 1. The Kier molecular flexibility index (Phi) is 3.89. The maximum atomic E-state index is 4.64. The van der Waals surface area contributed by atoms with Crippen molar-refractivity contribution >= 4 is 28.5 Å². The lowest BCUT2D eigenvalue weighted by molar-refractivity contribution is 1.12. The number of aryl methyl sites for hydroxylation is 1. The zero-order chi connectivity index (χ0) is 12.3. The molecule has 3 heteroatoms. The van der Waals surface area contributed by atoms with Gasteiger partial charge in [-0.1, -0.05) is 26.0 Å². The molecule has 0 atom stereocenters. The molecule has 1 aromatic heterocycles. The van der Waals surface area contributed by atoms with E-state index in [0.717, 1.165) is 23.6 Å².